The zero-order valence-corrected chi connectivity index (χ0v) is 12.4. The van der Waals surface area contributed by atoms with Crippen LogP contribution in [0.1, 0.15) is 29.7 Å². The molecule has 1 aromatic carbocycles. The van der Waals surface area contributed by atoms with Gasteiger partial charge in [0.25, 0.3) is 0 Å². The Morgan fingerprint density at radius 3 is 3.14 bits per heavy atom. The van der Waals surface area contributed by atoms with Crippen LogP contribution in [0.2, 0.25) is 0 Å². The molecule has 6 heteroatoms. The van der Waals surface area contributed by atoms with E-state index in [4.69, 9.17) is 0 Å². The Balaban J connectivity index is 1.54. The number of carbonyl (C=O) groups excluding carboxylic acids is 1. The molecule has 0 spiro atoms. The first-order valence-electron chi connectivity index (χ1n) is 7.83. The number of hydrogen-bond donors (Lipinski definition) is 2. The molecule has 22 heavy (non-hydrogen) atoms. The lowest BCUT2D eigenvalue weighted by atomic mass is 10.0. The van der Waals surface area contributed by atoms with Gasteiger partial charge >= 0.3 is 0 Å². The summed E-state index contributed by atoms with van der Waals surface area (Å²) in [6, 6.07) is 6.38. The van der Waals surface area contributed by atoms with Crippen molar-refractivity contribution in [2.75, 3.05) is 11.4 Å². The molecule has 0 saturated carbocycles. The van der Waals surface area contributed by atoms with E-state index in [2.05, 4.69) is 43.8 Å². The summed E-state index contributed by atoms with van der Waals surface area (Å²) in [6.45, 7) is 1.38. The highest BCUT2D eigenvalue weighted by atomic mass is 16.2. The second kappa shape index (κ2) is 5.44. The van der Waals surface area contributed by atoms with Crippen molar-refractivity contribution in [1.82, 2.24) is 20.7 Å². The number of nitrogens with one attached hydrogen (secondary N) is 2. The molecule has 0 bridgehead atoms. The predicted molar refractivity (Wildman–Crippen MR) is 82.4 cm³/mol. The third-order valence-corrected chi connectivity index (χ3v) is 4.59. The van der Waals surface area contributed by atoms with Crippen molar-refractivity contribution in [3.05, 3.63) is 41.2 Å². The molecule has 0 radical (unpaired) electrons. The second-order valence-electron chi connectivity index (χ2n) is 5.98. The molecule has 1 unspecified atom stereocenters. The molecular formula is C16H19N5O. The molecule has 2 aromatic rings. The minimum absolute atomic E-state index is 0.0760. The molecule has 114 valence electrons. The Labute approximate surface area is 128 Å². The van der Waals surface area contributed by atoms with Gasteiger partial charge in [-0.05, 0) is 30.4 Å². The number of anilines is 1. The van der Waals surface area contributed by atoms with Crippen molar-refractivity contribution in [1.29, 1.82) is 0 Å². The Morgan fingerprint density at radius 2 is 2.27 bits per heavy atom. The Morgan fingerprint density at radius 1 is 1.36 bits per heavy atom. The van der Waals surface area contributed by atoms with Gasteiger partial charge in [-0.1, -0.05) is 23.4 Å². The van der Waals surface area contributed by atoms with E-state index in [0.29, 0.717) is 6.54 Å². The summed E-state index contributed by atoms with van der Waals surface area (Å²) < 4.78 is 0. The standard InChI is InChI=1S/C16H19N5O/c22-16(17-9-13-10-18-20-19-13)14-8-12-6-3-5-11-4-1-2-7-21(14)15(11)12/h3,5-6,10,14H,1-2,4,7-9H2,(H,17,22)(H,18,19,20). The fourth-order valence-electron chi connectivity index (χ4n) is 3.56. The molecule has 2 N–H and O–H groups in total. The van der Waals surface area contributed by atoms with E-state index in [9.17, 15) is 4.79 Å². The summed E-state index contributed by atoms with van der Waals surface area (Å²) in [5, 5.41) is 13.2. The minimum Gasteiger partial charge on any atom is -0.359 e. The van der Waals surface area contributed by atoms with Crippen LogP contribution < -0.4 is 10.2 Å². The monoisotopic (exact) mass is 297 g/mol. The van der Waals surface area contributed by atoms with Gasteiger partial charge < -0.3 is 10.2 Å². The van der Waals surface area contributed by atoms with Crippen molar-refractivity contribution < 1.29 is 4.79 Å². The fourth-order valence-corrected chi connectivity index (χ4v) is 3.56. The molecule has 0 saturated heterocycles. The summed E-state index contributed by atoms with van der Waals surface area (Å²) in [4.78, 5) is 14.9. The Hall–Kier alpha value is -2.37. The van der Waals surface area contributed by atoms with Gasteiger partial charge in [0.1, 0.15) is 11.7 Å². The number of hydrogen-bond acceptors (Lipinski definition) is 4. The van der Waals surface area contributed by atoms with Crippen LogP contribution in [-0.2, 0) is 24.2 Å². The molecule has 2 aliphatic rings. The summed E-state index contributed by atoms with van der Waals surface area (Å²) >= 11 is 0. The zero-order valence-electron chi connectivity index (χ0n) is 12.4. The highest BCUT2D eigenvalue weighted by Gasteiger charge is 2.36. The van der Waals surface area contributed by atoms with Crippen molar-refractivity contribution in [2.45, 2.75) is 38.3 Å². The number of H-pyrrole nitrogens is 1. The van der Waals surface area contributed by atoms with E-state index < -0.39 is 0 Å². The predicted octanol–water partition coefficient (Wildman–Crippen LogP) is 1.19. The molecule has 1 atom stereocenters. The molecule has 0 fully saturated rings. The number of aromatic amines is 1. The molecule has 0 aliphatic carbocycles. The maximum Gasteiger partial charge on any atom is 0.243 e. The Kier molecular flexibility index (Phi) is 3.29. The summed E-state index contributed by atoms with van der Waals surface area (Å²) in [7, 11) is 0. The van der Waals surface area contributed by atoms with E-state index >= 15 is 0 Å². The van der Waals surface area contributed by atoms with Gasteiger partial charge in [-0.25, -0.2) is 0 Å². The number of amides is 1. The lowest BCUT2D eigenvalue weighted by Crippen LogP contribution is -2.45. The molecule has 1 aromatic heterocycles. The second-order valence-corrected chi connectivity index (χ2v) is 5.98. The lowest BCUT2D eigenvalue weighted by Gasteiger charge is -2.26. The smallest absolute Gasteiger partial charge is 0.243 e. The SMILES string of the molecule is O=C(NCc1c[nH]nn1)C1Cc2cccc3c2N1CCCC3. The van der Waals surface area contributed by atoms with Crippen LogP contribution in [0.25, 0.3) is 0 Å². The lowest BCUT2D eigenvalue weighted by molar-refractivity contribution is -0.122. The minimum atomic E-state index is -0.0962. The maximum atomic E-state index is 12.6. The van der Waals surface area contributed by atoms with Crippen LogP contribution in [0.3, 0.4) is 0 Å². The number of rotatable bonds is 3. The van der Waals surface area contributed by atoms with Crippen LogP contribution in [0, 0.1) is 0 Å². The van der Waals surface area contributed by atoms with Gasteiger partial charge in [0.15, 0.2) is 0 Å². The molecule has 2 aliphatic heterocycles. The number of para-hydroxylation sites is 1. The van der Waals surface area contributed by atoms with Crippen molar-refractivity contribution in [3.8, 4) is 0 Å². The van der Waals surface area contributed by atoms with Crippen LogP contribution in [0.15, 0.2) is 24.4 Å². The molecule has 3 heterocycles. The normalized spacial score (nSPS) is 19.6. The van der Waals surface area contributed by atoms with Crippen LogP contribution in [0.5, 0.6) is 0 Å². The maximum absolute atomic E-state index is 12.6. The highest BCUT2D eigenvalue weighted by molar-refractivity contribution is 5.89. The van der Waals surface area contributed by atoms with Gasteiger partial charge in [0.2, 0.25) is 5.91 Å². The summed E-state index contributed by atoms with van der Waals surface area (Å²) in [6.07, 6.45) is 5.95. The van der Waals surface area contributed by atoms with Crippen LogP contribution in [0.4, 0.5) is 5.69 Å². The van der Waals surface area contributed by atoms with Crippen molar-refractivity contribution in [3.63, 3.8) is 0 Å². The van der Waals surface area contributed by atoms with Gasteiger partial charge in [0, 0.05) is 24.8 Å². The molecular weight excluding hydrogens is 278 g/mol. The number of carbonyl (C=O) groups is 1. The topological polar surface area (TPSA) is 73.9 Å². The average Bonchev–Trinajstić information content (AvgIpc) is 3.11. The van der Waals surface area contributed by atoms with Crippen LogP contribution in [-0.4, -0.2) is 33.9 Å². The van der Waals surface area contributed by atoms with Gasteiger partial charge in [0.05, 0.1) is 6.54 Å². The molecule has 1 amide bonds. The summed E-state index contributed by atoms with van der Waals surface area (Å²) in [5.74, 6) is 0.0760. The first-order valence-corrected chi connectivity index (χ1v) is 7.83. The number of benzene rings is 1. The van der Waals surface area contributed by atoms with Crippen LogP contribution >= 0.6 is 0 Å². The number of nitrogens with zero attached hydrogens (tertiary/aromatic N) is 3. The zero-order chi connectivity index (χ0) is 14.9. The van der Waals surface area contributed by atoms with E-state index in [0.717, 1.165) is 31.5 Å². The third kappa shape index (κ3) is 2.24. The molecule has 4 rings (SSSR count). The first kappa shape index (κ1) is 13.3. The van der Waals surface area contributed by atoms with Crippen molar-refractivity contribution in [2.24, 2.45) is 0 Å². The first-order chi connectivity index (χ1) is 10.8. The average molecular weight is 297 g/mol. The number of aryl methyl sites for hydroxylation is 1. The Bertz CT molecular complexity index is 682. The van der Waals surface area contributed by atoms with Crippen molar-refractivity contribution >= 4 is 11.6 Å². The van der Waals surface area contributed by atoms with E-state index in [-0.39, 0.29) is 11.9 Å². The largest absolute Gasteiger partial charge is 0.359 e. The van der Waals surface area contributed by atoms with E-state index in [1.165, 1.54) is 23.2 Å². The van der Waals surface area contributed by atoms with Gasteiger partial charge in [-0.2, -0.15) is 0 Å². The quantitative estimate of drug-likeness (QED) is 0.892. The summed E-state index contributed by atoms with van der Waals surface area (Å²) in [5.41, 5.74) is 4.75. The third-order valence-electron chi connectivity index (χ3n) is 4.59. The fraction of sp³-hybridized carbons (Fsp3) is 0.438. The van der Waals surface area contributed by atoms with E-state index in [1.54, 1.807) is 6.20 Å². The highest BCUT2D eigenvalue weighted by Crippen LogP contribution is 2.38. The number of aromatic nitrogens is 3. The van der Waals surface area contributed by atoms with Gasteiger partial charge in [-0.3, -0.25) is 9.89 Å². The molecule has 6 nitrogen and oxygen atoms in total. The van der Waals surface area contributed by atoms with Gasteiger partial charge in [-0.15, -0.1) is 5.10 Å². The van der Waals surface area contributed by atoms with E-state index in [1.807, 2.05) is 0 Å².